The number of anilines is 2. The molecule has 0 fully saturated rings. The van der Waals surface area contributed by atoms with Crippen molar-refractivity contribution < 1.29 is 38.9 Å². The first-order chi connectivity index (χ1) is 22.6. The Morgan fingerprint density at radius 2 is 0.854 bits per heavy atom. The molecule has 0 aliphatic heterocycles. The highest BCUT2D eigenvalue weighted by molar-refractivity contribution is 6.35. The summed E-state index contributed by atoms with van der Waals surface area (Å²) in [6.45, 7) is 0. The van der Waals surface area contributed by atoms with Crippen LogP contribution in [-0.2, 0) is 9.47 Å². The number of carboxylic acid groups (broad SMARTS) is 2. The first-order valence-corrected chi connectivity index (χ1v) is 14.2. The predicted octanol–water partition coefficient (Wildman–Crippen LogP) is 7.24. The SMILES string of the molecule is COC(=O)c1ccc(C#N)cc1Cl.COC(=O)c1ccc(N)cc1Cl.N#Cc1ccc(C(=O)O)c(Cl)c1.Nc1ccc(C(=O)O)c(Cl)c1. The molecule has 48 heavy (non-hydrogen) atoms. The van der Waals surface area contributed by atoms with Gasteiger partial charge in [0.1, 0.15) is 0 Å². The van der Waals surface area contributed by atoms with Crippen LogP contribution in [0.15, 0.2) is 72.8 Å². The van der Waals surface area contributed by atoms with E-state index in [1.54, 1.807) is 6.07 Å². The van der Waals surface area contributed by atoms with Crippen molar-refractivity contribution in [2.24, 2.45) is 0 Å². The number of halogens is 4. The highest BCUT2D eigenvalue weighted by Gasteiger charge is 2.11. The number of esters is 2. The molecule has 4 aromatic carbocycles. The molecule has 0 unspecified atom stereocenters. The number of carboxylic acids is 2. The number of nitrogens with two attached hydrogens (primary N) is 2. The number of aromatic carboxylic acids is 2. The highest BCUT2D eigenvalue weighted by atomic mass is 35.5. The van der Waals surface area contributed by atoms with Crippen LogP contribution in [0.25, 0.3) is 0 Å². The minimum absolute atomic E-state index is 0.00988. The first-order valence-electron chi connectivity index (χ1n) is 12.7. The monoisotopic (exact) mass is 732 g/mol. The summed E-state index contributed by atoms with van der Waals surface area (Å²) >= 11 is 22.6. The number of nitriles is 2. The molecule has 0 spiro atoms. The second kappa shape index (κ2) is 19.9. The molecule has 4 rings (SSSR count). The third-order valence-corrected chi connectivity index (χ3v) is 6.70. The predicted molar refractivity (Wildman–Crippen MR) is 181 cm³/mol. The van der Waals surface area contributed by atoms with Crippen LogP contribution in [0.3, 0.4) is 0 Å². The van der Waals surface area contributed by atoms with Crippen LogP contribution in [0.4, 0.5) is 11.4 Å². The zero-order valence-corrected chi connectivity index (χ0v) is 27.9. The van der Waals surface area contributed by atoms with Gasteiger partial charge in [0.15, 0.2) is 0 Å². The second-order valence-electron chi connectivity index (χ2n) is 8.68. The van der Waals surface area contributed by atoms with E-state index in [-0.39, 0.29) is 31.8 Å². The normalized spacial score (nSPS) is 9.25. The molecule has 0 radical (unpaired) electrons. The van der Waals surface area contributed by atoms with Crippen molar-refractivity contribution in [2.75, 3.05) is 25.7 Å². The van der Waals surface area contributed by atoms with E-state index in [9.17, 15) is 19.2 Å². The van der Waals surface area contributed by atoms with E-state index in [0.29, 0.717) is 33.1 Å². The molecule has 0 saturated carbocycles. The summed E-state index contributed by atoms with van der Waals surface area (Å²) in [5.41, 5.74) is 13.2. The van der Waals surface area contributed by atoms with Crippen molar-refractivity contribution in [1.29, 1.82) is 10.5 Å². The van der Waals surface area contributed by atoms with Gasteiger partial charge in [0.25, 0.3) is 0 Å². The molecule has 0 bridgehead atoms. The van der Waals surface area contributed by atoms with Crippen LogP contribution in [0, 0.1) is 22.7 Å². The number of rotatable bonds is 4. The summed E-state index contributed by atoms with van der Waals surface area (Å²) in [6, 6.07) is 21.1. The molecule has 0 aromatic heterocycles. The van der Waals surface area contributed by atoms with Crippen LogP contribution in [0.1, 0.15) is 52.6 Å². The van der Waals surface area contributed by atoms with Crippen LogP contribution in [0.5, 0.6) is 0 Å². The van der Waals surface area contributed by atoms with Gasteiger partial charge >= 0.3 is 23.9 Å². The Balaban J connectivity index is 0.000000320. The maximum absolute atomic E-state index is 11.0. The zero-order valence-electron chi connectivity index (χ0n) is 24.8. The third-order valence-electron chi connectivity index (χ3n) is 5.45. The number of benzene rings is 4. The molecule has 0 aliphatic carbocycles. The maximum Gasteiger partial charge on any atom is 0.339 e. The molecule has 0 amide bonds. The average molecular weight is 734 g/mol. The quantitative estimate of drug-likeness (QED) is 0.120. The lowest BCUT2D eigenvalue weighted by Crippen LogP contribution is -2.02. The average Bonchev–Trinajstić information content (AvgIpc) is 3.04. The largest absolute Gasteiger partial charge is 0.478 e. The van der Waals surface area contributed by atoms with Gasteiger partial charge in [-0.3, -0.25) is 0 Å². The summed E-state index contributed by atoms with van der Waals surface area (Å²) in [5.74, 6) is -3.10. The Hall–Kier alpha value is -5.50. The second-order valence-corrected chi connectivity index (χ2v) is 10.3. The molecule has 0 saturated heterocycles. The number of ether oxygens (including phenoxy) is 2. The molecule has 0 heterocycles. The summed E-state index contributed by atoms with van der Waals surface area (Å²) in [5, 5.41) is 34.8. The molecule has 6 N–H and O–H groups in total. The van der Waals surface area contributed by atoms with Gasteiger partial charge in [-0.25, -0.2) is 19.2 Å². The van der Waals surface area contributed by atoms with Gasteiger partial charge in [0, 0.05) is 11.4 Å². The fourth-order valence-corrected chi connectivity index (χ4v) is 4.18. The van der Waals surface area contributed by atoms with E-state index in [1.165, 1.54) is 80.9 Å². The third kappa shape index (κ3) is 12.7. The van der Waals surface area contributed by atoms with Crippen molar-refractivity contribution in [3.63, 3.8) is 0 Å². The zero-order chi connectivity index (χ0) is 36.6. The molecule has 0 aliphatic rings. The Morgan fingerprint density at radius 3 is 1.12 bits per heavy atom. The standard InChI is InChI=1S/C9H6ClNO2.C8H8ClNO2.C8H4ClNO2.C7H6ClNO2/c1-13-9(12)7-3-2-6(5-11)4-8(7)10;1-12-8(11)6-3-2-5(10)4-7(6)9;9-7-3-5(4-10)1-2-6(7)8(11)12;8-6-3-4(9)1-2-5(6)7(10)11/h2-4H,1H3;2-4H,10H2,1H3;1-3H,(H,11,12);1-3H,9H2,(H,10,11). The van der Waals surface area contributed by atoms with Gasteiger partial charge in [0.05, 0.1) is 79.8 Å². The minimum Gasteiger partial charge on any atom is -0.478 e. The molecule has 4 aromatic rings. The number of hydrogen-bond acceptors (Lipinski definition) is 10. The van der Waals surface area contributed by atoms with E-state index < -0.39 is 23.9 Å². The first kappa shape index (κ1) is 40.5. The summed E-state index contributed by atoms with van der Waals surface area (Å²) in [4.78, 5) is 42.9. The number of methoxy groups -OCH3 is 2. The number of nitrogens with zero attached hydrogens (tertiary/aromatic N) is 2. The number of carbonyl (C=O) groups excluding carboxylic acids is 2. The summed E-state index contributed by atoms with van der Waals surface area (Å²) in [7, 11) is 2.58. The Morgan fingerprint density at radius 1 is 0.562 bits per heavy atom. The number of nitrogen functional groups attached to an aromatic ring is 2. The molecular formula is C32H24Cl4N4O8. The lowest BCUT2D eigenvalue weighted by molar-refractivity contribution is 0.0592. The fraction of sp³-hybridized carbons (Fsp3) is 0.0625. The van der Waals surface area contributed by atoms with Crippen molar-refractivity contribution in [3.05, 3.63) is 126 Å². The smallest absolute Gasteiger partial charge is 0.339 e. The summed E-state index contributed by atoms with van der Waals surface area (Å²) < 4.78 is 8.98. The van der Waals surface area contributed by atoms with E-state index >= 15 is 0 Å². The van der Waals surface area contributed by atoms with E-state index in [0.717, 1.165) is 0 Å². The maximum atomic E-state index is 11.0. The Bertz CT molecular complexity index is 1910. The van der Waals surface area contributed by atoms with Gasteiger partial charge < -0.3 is 31.2 Å². The van der Waals surface area contributed by atoms with Crippen molar-refractivity contribution >= 4 is 81.7 Å². The molecule has 0 atom stereocenters. The van der Waals surface area contributed by atoms with Crippen molar-refractivity contribution in [2.45, 2.75) is 0 Å². The molecule has 12 nitrogen and oxygen atoms in total. The van der Waals surface area contributed by atoms with Gasteiger partial charge in [-0.15, -0.1) is 0 Å². The summed E-state index contributed by atoms with van der Waals surface area (Å²) in [6.07, 6.45) is 0. The van der Waals surface area contributed by atoms with E-state index in [1.807, 2.05) is 12.1 Å². The Kier molecular flexibility index (Phi) is 16.8. The Labute approximate surface area is 294 Å². The van der Waals surface area contributed by atoms with Gasteiger partial charge in [-0.2, -0.15) is 10.5 Å². The van der Waals surface area contributed by atoms with Crippen LogP contribution < -0.4 is 11.5 Å². The van der Waals surface area contributed by atoms with Crippen molar-refractivity contribution in [1.82, 2.24) is 0 Å². The fourth-order valence-electron chi connectivity index (χ4n) is 3.13. The molecular weight excluding hydrogens is 710 g/mol. The highest BCUT2D eigenvalue weighted by Crippen LogP contribution is 2.21. The van der Waals surface area contributed by atoms with Gasteiger partial charge in [-0.05, 0) is 72.8 Å². The van der Waals surface area contributed by atoms with Crippen LogP contribution >= 0.6 is 46.4 Å². The van der Waals surface area contributed by atoms with Gasteiger partial charge in [0.2, 0.25) is 0 Å². The van der Waals surface area contributed by atoms with Crippen LogP contribution in [0.2, 0.25) is 20.1 Å². The van der Waals surface area contributed by atoms with Gasteiger partial charge in [-0.1, -0.05) is 46.4 Å². The minimum atomic E-state index is -1.09. The number of carbonyl (C=O) groups is 4. The lowest BCUT2D eigenvalue weighted by atomic mass is 10.1. The molecule has 248 valence electrons. The van der Waals surface area contributed by atoms with Crippen LogP contribution in [-0.4, -0.2) is 48.3 Å². The van der Waals surface area contributed by atoms with E-state index in [4.69, 9.17) is 78.6 Å². The van der Waals surface area contributed by atoms with E-state index in [2.05, 4.69) is 9.47 Å². The number of hydrogen-bond donors (Lipinski definition) is 4. The molecule has 16 heteroatoms. The van der Waals surface area contributed by atoms with Crippen molar-refractivity contribution in [3.8, 4) is 12.1 Å². The lowest BCUT2D eigenvalue weighted by Gasteiger charge is -2.01. The topological polar surface area (TPSA) is 227 Å².